The molecule has 0 aliphatic carbocycles. The van der Waals surface area contributed by atoms with E-state index >= 15 is 0 Å². The first kappa shape index (κ1) is 17.7. The lowest BCUT2D eigenvalue weighted by molar-refractivity contribution is 0.0969. The molecule has 4 aromatic carbocycles. The summed E-state index contributed by atoms with van der Waals surface area (Å²) < 4.78 is 0. The number of ketones is 1. The van der Waals surface area contributed by atoms with Crippen LogP contribution in [-0.2, 0) is 0 Å². The second kappa shape index (κ2) is 8.36. The van der Waals surface area contributed by atoms with Gasteiger partial charge in [-0.1, -0.05) is 103 Å². The van der Waals surface area contributed by atoms with Gasteiger partial charge < -0.3 is 5.32 Å². The molecule has 1 unspecified atom stereocenters. The minimum Gasteiger partial charge on any atom is -0.371 e. The van der Waals surface area contributed by atoms with E-state index in [1.54, 1.807) is 0 Å². The molecule has 1 N–H and O–H groups in total. The molecule has 0 heterocycles. The van der Waals surface area contributed by atoms with Crippen molar-refractivity contribution >= 4 is 11.5 Å². The number of anilines is 1. The third kappa shape index (κ3) is 4.02. The van der Waals surface area contributed by atoms with Gasteiger partial charge in [-0.05, 0) is 28.8 Å². The first-order valence-electron chi connectivity index (χ1n) is 9.37. The maximum atomic E-state index is 13.2. The van der Waals surface area contributed by atoms with Gasteiger partial charge in [0, 0.05) is 11.3 Å². The van der Waals surface area contributed by atoms with Crippen molar-refractivity contribution in [3.63, 3.8) is 0 Å². The molecule has 0 aliphatic heterocycles. The summed E-state index contributed by atoms with van der Waals surface area (Å²) in [6.07, 6.45) is 0. The van der Waals surface area contributed by atoms with Gasteiger partial charge in [0.25, 0.3) is 0 Å². The monoisotopic (exact) mass is 363 g/mol. The maximum absolute atomic E-state index is 13.2. The molecular formula is C26H21NO. The number of carbonyl (C=O) groups is 1. The molecule has 0 spiro atoms. The number of hydrogen-bond donors (Lipinski definition) is 1. The van der Waals surface area contributed by atoms with Gasteiger partial charge in [-0.25, -0.2) is 0 Å². The van der Waals surface area contributed by atoms with Gasteiger partial charge in [0.15, 0.2) is 5.78 Å². The van der Waals surface area contributed by atoms with E-state index in [2.05, 4.69) is 29.6 Å². The van der Waals surface area contributed by atoms with E-state index in [0.717, 1.165) is 16.8 Å². The van der Waals surface area contributed by atoms with Crippen LogP contribution in [0.2, 0.25) is 0 Å². The molecule has 1 atom stereocenters. The largest absolute Gasteiger partial charge is 0.371 e. The smallest absolute Gasteiger partial charge is 0.189 e. The van der Waals surface area contributed by atoms with E-state index in [-0.39, 0.29) is 5.78 Å². The Morgan fingerprint density at radius 2 is 1.07 bits per heavy atom. The quantitative estimate of drug-likeness (QED) is 0.402. The molecule has 0 bridgehead atoms. The van der Waals surface area contributed by atoms with Crippen LogP contribution in [0.1, 0.15) is 22.0 Å². The summed E-state index contributed by atoms with van der Waals surface area (Å²) in [6, 6.07) is 37.3. The van der Waals surface area contributed by atoms with E-state index in [1.807, 2.05) is 91.0 Å². The maximum Gasteiger partial charge on any atom is 0.189 e. The van der Waals surface area contributed by atoms with Gasteiger partial charge in [0.05, 0.1) is 0 Å². The molecule has 0 aromatic heterocycles. The lowest BCUT2D eigenvalue weighted by Gasteiger charge is -2.20. The first-order chi connectivity index (χ1) is 13.8. The van der Waals surface area contributed by atoms with Crippen LogP contribution in [0.15, 0.2) is 115 Å². The molecule has 28 heavy (non-hydrogen) atoms. The van der Waals surface area contributed by atoms with Gasteiger partial charge in [0.2, 0.25) is 0 Å². The predicted molar refractivity (Wildman–Crippen MR) is 115 cm³/mol. The molecule has 0 fully saturated rings. The van der Waals surface area contributed by atoms with Crippen molar-refractivity contribution in [1.82, 2.24) is 0 Å². The standard InChI is InChI=1S/C26H21NO/c28-26(23-14-8-3-9-15-23)25(22-12-6-2-7-13-22)27-24-18-16-21(17-19-24)20-10-4-1-5-11-20/h1-19,25,27H. The SMILES string of the molecule is O=C(c1ccccc1)C(Nc1ccc(-c2ccccc2)cc1)c1ccccc1. The molecule has 4 rings (SSSR count). The fourth-order valence-corrected chi connectivity index (χ4v) is 3.27. The molecule has 0 aliphatic rings. The Morgan fingerprint density at radius 3 is 1.68 bits per heavy atom. The fraction of sp³-hybridized carbons (Fsp3) is 0.0385. The second-order valence-corrected chi connectivity index (χ2v) is 6.66. The van der Waals surface area contributed by atoms with Crippen LogP contribution in [0, 0.1) is 0 Å². The Hall–Kier alpha value is -3.65. The highest BCUT2D eigenvalue weighted by Crippen LogP contribution is 2.26. The van der Waals surface area contributed by atoms with E-state index in [9.17, 15) is 4.79 Å². The van der Waals surface area contributed by atoms with Crippen molar-refractivity contribution in [2.24, 2.45) is 0 Å². The number of hydrogen-bond acceptors (Lipinski definition) is 2. The third-order valence-electron chi connectivity index (χ3n) is 4.76. The van der Waals surface area contributed by atoms with Crippen molar-refractivity contribution in [1.29, 1.82) is 0 Å². The molecule has 0 saturated heterocycles. The number of nitrogens with one attached hydrogen (secondary N) is 1. The molecule has 2 heteroatoms. The zero-order valence-corrected chi connectivity index (χ0v) is 15.5. The Morgan fingerprint density at radius 1 is 0.571 bits per heavy atom. The van der Waals surface area contributed by atoms with Gasteiger partial charge in [-0.3, -0.25) is 4.79 Å². The highest BCUT2D eigenvalue weighted by molar-refractivity contribution is 6.02. The van der Waals surface area contributed by atoms with Crippen LogP contribution < -0.4 is 5.32 Å². The summed E-state index contributed by atoms with van der Waals surface area (Å²) in [5.41, 5.74) is 4.89. The average Bonchev–Trinajstić information content (AvgIpc) is 2.79. The molecular weight excluding hydrogens is 342 g/mol. The number of benzene rings is 4. The van der Waals surface area contributed by atoms with E-state index < -0.39 is 6.04 Å². The van der Waals surface area contributed by atoms with Crippen LogP contribution in [0.3, 0.4) is 0 Å². The summed E-state index contributed by atoms with van der Waals surface area (Å²) in [7, 11) is 0. The minimum absolute atomic E-state index is 0.0546. The summed E-state index contributed by atoms with van der Waals surface area (Å²) in [5, 5.41) is 3.42. The fourth-order valence-electron chi connectivity index (χ4n) is 3.27. The topological polar surface area (TPSA) is 29.1 Å². The second-order valence-electron chi connectivity index (χ2n) is 6.66. The lowest BCUT2D eigenvalue weighted by atomic mass is 9.97. The van der Waals surface area contributed by atoms with Crippen LogP contribution in [0.25, 0.3) is 11.1 Å². The summed E-state index contributed by atoms with van der Waals surface area (Å²) >= 11 is 0. The van der Waals surface area contributed by atoms with Crippen molar-refractivity contribution < 1.29 is 4.79 Å². The van der Waals surface area contributed by atoms with Gasteiger partial charge in [-0.2, -0.15) is 0 Å². The predicted octanol–water partition coefficient (Wildman–Crippen LogP) is 6.39. The zero-order valence-electron chi connectivity index (χ0n) is 15.5. The van der Waals surface area contributed by atoms with E-state index in [0.29, 0.717) is 5.56 Å². The molecule has 0 amide bonds. The molecule has 4 aromatic rings. The van der Waals surface area contributed by atoms with Gasteiger partial charge >= 0.3 is 0 Å². The van der Waals surface area contributed by atoms with Crippen LogP contribution in [-0.4, -0.2) is 5.78 Å². The summed E-state index contributed by atoms with van der Waals surface area (Å²) in [6.45, 7) is 0. The third-order valence-corrected chi connectivity index (χ3v) is 4.76. The Labute approximate surface area is 165 Å². The van der Waals surface area contributed by atoms with Gasteiger partial charge in [-0.15, -0.1) is 0 Å². The van der Waals surface area contributed by atoms with Crippen molar-refractivity contribution in [2.45, 2.75) is 6.04 Å². The number of carbonyl (C=O) groups excluding carboxylic acids is 1. The van der Waals surface area contributed by atoms with Crippen molar-refractivity contribution in [3.8, 4) is 11.1 Å². The lowest BCUT2D eigenvalue weighted by Crippen LogP contribution is -2.21. The summed E-state index contributed by atoms with van der Waals surface area (Å²) in [5.74, 6) is 0.0546. The molecule has 136 valence electrons. The Bertz CT molecular complexity index is 1030. The van der Waals surface area contributed by atoms with Gasteiger partial charge in [0.1, 0.15) is 6.04 Å². The van der Waals surface area contributed by atoms with Crippen LogP contribution in [0.5, 0.6) is 0 Å². The highest BCUT2D eigenvalue weighted by Gasteiger charge is 2.21. The Kier molecular flexibility index (Phi) is 5.30. The first-order valence-corrected chi connectivity index (χ1v) is 9.37. The molecule has 0 saturated carbocycles. The average molecular weight is 363 g/mol. The minimum atomic E-state index is -0.439. The normalized spacial score (nSPS) is 11.6. The van der Waals surface area contributed by atoms with E-state index in [4.69, 9.17) is 0 Å². The van der Waals surface area contributed by atoms with Crippen LogP contribution in [0.4, 0.5) is 5.69 Å². The van der Waals surface area contributed by atoms with Crippen LogP contribution >= 0.6 is 0 Å². The number of Topliss-reactive ketones (excluding diaryl/α,β-unsaturated/α-hetero) is 1. The van der Waals surface area contributed by atoms with E-state index in [1.165, 1.54) is 5.56 Å². The molecule has 0 radical (unpaired) electrons. The summed E-state index contributed by atoms with van der Waals surface area (Å²) in [4.78, 5) is 13.2. The van der Waals surface area contributed by atoms with Crippen molar-refractivity contribution in [3.05, 3.63) is 126 Å². The molecule has 2 nitrogen and oxygen atoms in total. The highest BCUT2D eigenvalue weighted by atomic mass is 16.1. The Balaban J connectivity index is 1.62. The number of rotatable bonds is 6. The zero-order chi connectivity index (χ0) is 19.2. The van der Waals surface area contributed by atoms with Crippen molar-refractivity contribution in [2.75, 3.05) is 5.32 Å².